The highest BCUT2D eigenvalue weighted by Crippen LogP contribution is 2.48. The van der Waals surface area contributed by atoms with E-state index < -0.39 is 29.1 Å². The molecule has 21 heavy (non-hydrogen) atoms. The third-order valence-corrected chi connectivity index (χ3v) is 4.52. The molecule has 0 bridgehead atoms. The Hall–Kier alpha value is -1.63. The van der Waals surface area contributed by atoms with Gasteiger partial charge < -0.3 is 0 Å². The van der Waals surface area contributed by atoms with Crippen LogP contribution < -0.4 is 0 Å². The number of hydrazine groups is 1. The number of alkyl halides is 2. The number of carbonyl (C=O) groups is 1. The van der Waals surface area contributed by atoms with Crippen molar-refractivity contribution < 1.29 is 18.0 Å². The lowest BCUT2D eigenvalue weighted by molar-refractivity contribution is -0.156. The van der Waals surface area contributed by atoms with E-state index >= 15 is 0 Å². The first kappa shape index (κ1) is 14.3. The standard InChI is InChI=1S/C14H16F3N3O/c1-13(14(2,16)17)8-19-4-3-11(20(19)12(13)21)9-5-10(15)7-18-6-9/h5-7,11H,3-4,8H2,1-2H3/t11-,13-/m1/s1. The number of hydrogen-bond acceptors (Lipinski definition) is 3. The number of carbonyl (C=O) groups excluding carboxylic acids is 1. The fraction of sp³-hybridized carbons (Fsp3) is 0.571. The number of halogens is 3. The summed E-state index contributed by atoms with van der Waals surface area (Å²) in [5, 5.41) is 2.99. The van der Waals surface area contributed by atoms with Crippen molar-refractivity contribution in [3.63, 3.8) is 0 Å². The van der Waals surface area contributed by atoms with Gasteiger partial charge in [-0.15, -0.1) is 0 Å². The second-order valence-corrected chi connectivity index (χ2v) is 6.00. The summed E-state index contributed by atoms with van der Waals surface area (Å²) in [5.74, 6) is -4.22. The molecular formula is C14H16F3N3O. The van der Waals surface area contributed by atoms with E-state index in [-0.39, 0.29) is 6.54 Å². The third kappa shape index (κ3) is 2.02. The molecule has 2 atom stereocenters. The molecule has 3 heterocycles. The highest BCUT2D eigenvalue weighted by molar-refractivity contribution is 5.86. The molecule has 1 aromatic heterocycles. The van der Waals surface area contributed by atoms with Crippen molar-refractivity contribution in [3.8, 4) is 0 Å². The van der Waals surface area contributed by atoms with Crippen LogP contribution in [-0.4, -0.2) is 39.9 Å². The first-order chi connectivity index (χ1) is 9.74. The highest BCUT2D eigenvalue weighted by atomic mass is 19.3. The lowest BCUT2D eigenvalue weighted by Crippen LogP contribution is -2.45. The van der Waals surface area contributed by atoms with Crippen molar-refractivity contribution in [2.45, 2.75) is 32.2 Å². The Morgan fingerprint density at radius 1 is 1.43 bits per heavy atom. The van der Waals surface area contributed by atoms with Crippen molar-refractivity contribution >= 4 is 5.91 Å². The molecule has 2 fully saturated rings. The first-order valence-corrected chi connectivity index (χ1v) is 6.81. The monoisotopic (exact) mass is 299 g/mol. The smallest absolute Gasteiger partial charge is 0.260 e. The molecule has 2 saturated heterocycles. The molecular weight excluding hydrogens is 283 g/mol. The summed E-state index contributed by atoms with van der Waals surface area (Å²) in [6.45, 7) is 2.54. The van der Waals surface area contributed by atoms with E-state index in [2.05, 4.69) is 4.98 Å². The molecule has 0 radical (unpaired) electrons. The van der Waals surface area contributed by atoms with Gasteiger partial charge in [-0.05, 0) is 25.0 Å². The lowest BCUT2D eigenvalue weighted by Gasteiger charge is -2.29. The molecule has 7 heteroatoms. The Morgan fingerprint density at radius 3 is 2.76 bits per heavy atom. The van der Waals surface area contributed by atoms with Gasteiger partial charge in [-0.3, -0.25) is 14.8 Å². The zero-order valence-electron chi connectivity index (χ0n) is 11.8. The number of fused-ring (bicyclic) bond motifs is 1. The van der Waals surface area contributed by atoms with Gasteiger partial charge in [-0.25, -0.2) is 18.2 Å². The normalized spacial score (nSPS) is 30.0. The van der Waals surface area contributed by atoms with Crippen molar-refractivity contribution in [1.82, 2.24) is 15.0 Å². The van der Waals surface area contributed by atoms with Gasteiger partial charge in [-0.2, -0.15) is 0 Å². The Bertz CT molecular complexity index is 589. The number of amides is 1. The summed E-state index contributed by atoms with van der Waals surface area (Å²) < 4.78 is 40.9. The van der Waals surface area contributed by atoms with Gasteiger partial charge in [0.2, 0.25) is 0 Å². The predicted octanol–water partition coefficient (Wildman–Crippen LogP) is 2.39. The number of hydrogen-bond donors (Lipinski definition) is 0. The molecule has 0 aromatic carbocycles. The van der Waals surface area contributed by atoms with Crippen LogP contribution in [0.25, 0.3) is 0 Å². The van der Waals surface area contributed by atoms with E-state index in [9.17, 15) is 18.0 Å². The minimum Gasteiger partial charge on any atom is -0.272 e. The topological polar surface area (TPSA) is 36.4 Å². The van der Waals surface area contributed by atoms with Gasteiger partial charge in [0, 0.05) is 26.2 Å². The number of nitrogens with zero attached hydrogens (tertiary/aromatic N) is 3. The second-order valence-electron chi connectivity index (χ2n) is 6.00. The largest absolute Gasteiger partial charge is 0.272 e. The third-order valence-electron chi connectivity index (χ3n) is 4.52. The van der Waals surface area contributed by atoms with E-state index in [4.69, 9.17) is 0 Å². The Labute approximate surface area is 120 Å². The van der Waals surface area contributed by atoms with Crippen LogP contribution in [0, 0.1) is 11.2 Å². The maximum Gasteiger partial charge on any atom is 0.260 e. The number of rotatable bonds is 2. The minimum atomic E-state index is -3.11. The fourth-order valence-corrected chi connectivity index (χ4v) is 3.05. The number of aromatic nitrogens is 1. The van der Waals surface area contributed by atoms with E-state index in [1.165, 1.54) is 24.2 Å². The molecule has 2 aliphatic heterocycles. The predicted molar refractivity (Wildman–Crippen MR) is 68.7 cm³/mol. The average Bonchev–Trinajstić information content (AvgIpc) is 2.89. The van der Waals surface area contributed by atoms with E-state index in [1.54, 1.807) is 5.01 Å². The van der Waals surface area contributed by atoms with Crippen molar-refractivity contribution in [3.05, 3.63) is 29.8 Å². The Balaban J connectivity index is 1.95. The molecule has 1 amide bonds. The van der Waals surface area contributed by atoms with Crippen LogP contribution in [0.15, 0.2) is 18.5 Å². The van der Waals surface area contributed by atoms with Crippen LogP contribution in [0.4, 0.5) is 13.2 Å². The summed E-state index contributed by atoms with van der Waals surface area (Å²) in [4.78, 5) is 16.3. The van der Waals surface area contributed by atoms with Gasteiger partial charge in [0.15, 0.2) is 0 Å². The van der Waals surface area contributed by atoms with Crippen LogP contribution in [0.5, 0.6) is 0 Å². The van der Waals surface area contributed by atoms with Crippen molar-refractivity contribution in [2.75, 3.05) is 13.1 Å². The second kappa shape index (κ2) is 4.43. The Kier molecular flexibility index (Phi) is 3.02. The summed E-state index contributed by atoms with van der Waals surface area (Å²) in [6.07, 6.45) is 3.14. The molecule has 0 spiro atoms. The van der Waals surface area contributed by atoms with E-state index in [0.29, 0.717) is 18.5 Å². The zero-order valence-corrected chi connectivity index (χ0v) is 11.8. The molecule has 3 rings (SSSR count). The van der Waals surface area contributed by atoms with Crippen LogP contribution in [-0.2, 0) is 4.79 Å². The maximum atomic E-state index is 13.8. The van der Waals surface area contributed by atoms with Crippen molar-refractivity contribution in [2.24, 2.45) is 5.41 Å². The summed E-state index contributed by atoms with van der Waals surface area (Å²) in [6, 6.07) is 0.874. The fourth-order valence-electron chi connectivity index (χ4n) is 3.05. The highest BCUT2D eigenvalue weighted by Gasteiger charge is 2.62. The first-order valence-electron chi connectivity index (χ1n) is 6.81. The summed E-state index contributed by atoms with van der Waals surface area (Å²) >= 11 is 0. The van der Waals surface area contributed by atoms with Gasteiger partial charge >= 0.3 is 0 Å². The molecule has 114 valence electrons. The van der Waals surface area contributed by atoms with Crippen LogP contribution in [0.1, 0.15) is 31.9 Å². The summed E-state index contributed by atoms with van der Waals surface area (Å²) in [5.41, 5.74) is -1.21. The molecule has 2 aliphatic rings. The minimum absolute atomic E-state index is 0.0193. The van der Waals surface area contributed by atoms with Crippen LogP contribution in [0.3, 0.4) is 0 Å². The van der Waals surface area contributed by atoms with Gasteiger partial charge in [-0.1, -0.05) is 0 Å². The SMILES string of the molecule is CC(F)(F)[C@]1(C)CN2CC[C@H](c3cncc(F)c3)N2C1=O. The van der Waals surface area contributed by atoms with Gasteiger partial charge in [0.05, 0.1) is 12.2 Å². The Morgan fingerprint density at radius 2 is 2.14 bits per heavy atom. The molecule has 0 unspecified atom stereocenters. The van der Waals surface area contributed by atoms with Gasteiger partial charge in [0.1, 0.15) is 11.2 Å². The van der Waals surface area contributed by atoms with Crippen molar-refractivity contribution in [1.29, 1.82) is 0 Å². The molecule has 0 N–H and O–H groups in total. The van der Waals surface area contributed by atoms with E-state index in [0.717, 1.165) is 13.1 Å². The zero-order chi connectivity index (χ0) is 15.4. The molecule has 4 nitrogen and oxygen atoms in total. The van der Waals surface area contributed by atoms with E-state index in [1.807, 2.05) is 0 Å². The average molecular weight is 299 g/mol. The number of pyridine rings is 1. The maximum absolute atomic E-state index is 13.8. The summed E-state index contributed by atoms with van der Waals surface area (Å²) in [7, 11) is 0. The molecule has 0 aliphatic carbocycles. The molecule has 0 saturated carbocycles. The lowest BCUT2D eigenvalue weighted by atomic mass is 9.83. The van der Waals surface area contributed by atoms with Crippen LogP contribution in [0.2, 0.25) is 0 Å². The van der Waals surface area contributed by atoms with Crippen LogP contribution >= 0.6 is 0 Å². The molecule has 1 aromatic rings. The quantitative estimate of drug-likeness (QED) is 0.841. The van der Waals surface area contributed by atoms with Gasteiger partial charge in [0.25, 0.3) is 11.8 Å².